The van der Waals surface area contributed by atoms with Crippen LogP contribution in [-0.2, 0) is 9.59 Å². The fraction of sp³-hybridized carbons (Fsp3) is 0.889. The predicted octanol–water partition coefficient (Wildman–Crippen LogP) is 3.16. The third-order valence-corrected chi connectivity index (χ3v) is 10.4. The molecule has 5 rings (SSSR count). The Hall–Kier alpha value is -1.63. The van der Waals surface area contributed by atoms with Gasteiger partial charge in [0.15, 0.2) is 0 Å². The van der Waals surface area contributed by atoms with Gasteiger partial charge in [-0.15, -0.1) is 0 Å². The number of hydrogen-bond donors (Lipinski definition) is 4. The van der Waals surface area contributed by atoms with E-state index in [-0.39, 0.29) is 29.7 Å². The minimum Gasteiger partial charge on any atom is -0.387 e. The van der Waals surface area contributed by atoms with E-state index in [2.05, 4.69) is 10.2 Å². The van der Waals surface area contributed by atoms with E-state index in [1.54, 1.807) is 0 Å². The Morgan fingerprint density at radius 3 is 2.24 bits per heavy atom. The van der Waals surface area contributed by atoms with Crippen molar-refractivity contribution in [2.45, 2.75) is 108 Å². The number of nitrogens with one attached hydrogen (secondary N) is 2. The number of amidine groups is 1. The molecular weight excluding hydrogens is 426 g/mol. The number of primary amides is 1. The van der Waals surface area contributed by atoms with Crippen molar-refractivity contribution in [1.82, 2.24) is 10.2 Å². The highest BCUT2D eigenvalue weighted by atomic mass is 16.2. The Morgan fingerprint density at radius 2 is 1.53 bits per heavy atom. The van der Waals surface area contributed by atoms with Gasteiger partial charge in [0, 0.05) is 30.5 Å². The molecule has 5 fully saturated rings. The summed E-state index contributed by atoms with van der Waals surface area (Å²) in [5, 5.41) is 11.6. The molecule has 7 unspecified atom stereocenters. The monoisotopic (exact) mass is 471 g/mol. The van der Waals surface area contributed by atoms with Crippen molar-refractivity contribution in [3.8, 4) is 0 Å². The highest BCUT2D eigenvalue weighted by molar-refractivity contribution is 5.83. The van der Waals surface area contributed by atoms with Gasteiger partial charge in [-0.05, 0) is 87.9 Å². The van der Waals surface area contributed by atoms with Crippen LogP contribution in [0.15, 0.2) is 0 Å². The van der Waals surface area contributed by atoms with Gasteiger partial charge in [-0.25, -0.2) is 0 Å². The third-order valence-electron chi connectivity index (χ3n) is 10.4. The predicted molar refractivity (Wildman–Crippen MR) is 133 cm³/mol. The number of hydrogen-bond acceptors (Lipinski definition) is 4. The van der Waals surface area contributed by atoms with Crippen LogP contribution in [0, 0.1) is 40.9 Å². The molecule has 7 nitrogen and oxygen atoms in total. The number of carbonyl (C=O) groups excluding carboxylic acids is 2. The van der Waals surface area contributed by atoms with E-state index in [4.69, 9.17) is 16.9 Å². The molecule has 0 aromatic heterocycles. The van der Waals surface area contributed by atoms with Crippen molar-refractivity contribution in [2.24, 2.45) is 47.0 Å². The topological polar surface area (TPSA) is 125 Å². The van der Waals surface area contributed by atoms with Crippen molar-refractivity contribution in [3.63, 3.8) is 0 Å². The van der Waals surface area contributed by atoms with Gasteiger partial charge in [0.05, 0.1) is 11.9 Å². The molecule has 4 aliphatic carbocycles. The number of fused-ring (bicyclic) bond motifs is 2. The first kappa shape index (κ1) is 24.1. The standard InChI is InChI=1S/C27H45N5O2/c28-25(29)20-12-11-19-13-24(27(34)31-22-6-2-4-17-3-1-5-21(17)22)32(23(19)14-20)15-16-7-9-18(10-8-16)26(30)33/h16-24H,1-15H2,(H3,28,29)(H2,30,33)(H,31,34). The lowest BCUT2D eigenvalue weighted by Gasteiger charge is -2.40. The summed E-state index contributed by atoms with van der Waals surface area (Å²) < 4.78 is 0. The molecule has 6 N–H and O–H groups in total. The molecule has 34 heavy (non-hydrogen) atoms. The summed E-state index contributed by atoms with van der Waals surface area (Å²) in [6, 6.07) is 0.642. The Labute approximate surface area is 204 Å². The molecule has 1 saturated heterocycles. The van der Waals surface area contributed by atoms with E-state index in [1.807, 2.05) is 0 Å². The lowest BCUT2D eigenvalue weighted by Crippen LogP contribution is -2.53. The van der Waals surface area contributed by atoms with Gasteiger partial charge >= 0.3 is 0 Å². The molecule has 0 bridgehead atoms. The SMILES string of the molecule is N=C(N)C1CCC2CC(C(=O)NC3CCCC4CCCC43)N(CC3CCC(C(N)=O)CC3)C2C1. The third kappa shape index (κ3) is 4.87. The average Bonchev–Trinajstić information content (AvgIpc) is 3.45. The molecule has 0 aromatic rings. The summed E-state index contributed by atoms with van der Waals surface area (Å²) >= 11 is 0. The first-order valence-corrected chi connectivity index (χ1v) is 14.1. The zero-order chi connectivity index (χ0) is 23.8. The van der Waals surface area contributed by atoms with Gasteiger partial charge in [-0.3, -0.25) is 19.9 Å². The highest BCUT2D eigenvalue weighted by Gasteiger charge is 2.49. The van der Waals surface area contributed by atoms with Crippen molar-refractivity contribution in [1.29, 1.82) is 5.41 Å². The molecule has 5 aliphatic rings. The Morgan fingerprint density at radius 1 is 0.824 bits per heavy atom. The summed E-state index contributed by atoms with van der Waals surface area (Å²) in [5.41, 5.74) is 11.5. The fourth-order valence-electron chi connectivity index (χ4n) is 8.50. The van der Waals surface area contributed by atoms with E-state index in [9.17, 15) is 9.59 Å². The number of amides is 2. The molecular formula is C27H45N5O2. The maximum absolute atomic E-state index is 13.8. The second-order valence-electron chi connectivity index (χ2n) is 12.3. The van der Waals surface area contributed by atoms with Crippen LogP contribution in [0.3, 0.4) is 0 Å². The van der Waals surface area contributed by atoms with E-state index >= 15 is 0 Å². The van der Waals surface area contributed by atoms with Gasteiger partial charge in [-0.1, -0.05) is 25.7 Å². The van der Waals surface area contributed by atoms with Crippen LogP contribution in [0.5, 0.6) is 0 Å². The Bertz CT molecular complexity index is 779. The van der Waals surface area contributed by atoms with Crippen LogP contribution in [-0.4, -0.2) is 47.2 Å². The lowest BCUT2D eigenvalue weighted by atomic mass is 9.77. The minimum absolute atomic E-state index is 0.0177. The average molecular weight is 472 g/mol. The minimum atomic E-state index is -0.161. The van der Waals surface area contributed by atoms with E-state index in [0.29, 0.717) is 35.7 Å². The van der Waals surface area contributed by atoms with Gasteiger partial charge < -0.3 is 16.8 Å². The maximum atomic E-state index is 13.8. The second-order valence-corrected chi connectivity index (χ2v) is 12.3. The van der Waals surface area contributed by atoms with Crippen LogP contribution in [0.1, 0.15) is 89.9 Å². The zero-order valence-corrected chi connectivity index (χ0v) is 20.7. The van der Waals surface area contributed by atoms with Crippen LogP contribution in [0.25, 0.3) is 0 Å². The molecule has 190 valence electrons. The van der Waals surface area contributed by atoms with E-state index < -0.39 is 0 Å². The highest BCUT2D eigenvalue weighted by Crippen LogP contribution is 2.45. The van der Waals surface area contributed by atoms with Crippen molar-refractivity contribution >= 4 is 17.6 Å². The smallest absolute Gasteiger partial charge is 0.237 e. The van der Waals surface area contributed by atoms with Gasteiger partial charge in [0.2, 0.25) is 11.8 Å². The molecule has 0 aromatic carbocycles. The first-order valence-electron chi connectivity index (χ1n) is 14.1. The number of nitrogens with zero attached hydrogens (tertiary/aromatic N) is 1. The quantitative estimate of drug-likeness (QED) is 0.351. The number of nitrogens with two attached hydrogens (primary N) is 2. The summed E-state index contributed by atoms with van der Waals surface area (Å²) in [4.78, 5) is 27.9. The summed E-state index contributed by atoms with van der Waals surface area (Å²) in [6.45, 7) is 0.923. The molecule has 1 aliphatic heterocycles. The van der Waals surface area contributed by atoms with Gasteiger partial charge in [0.25, 0.3) is 0 Å². The number of likely N-dealkylation sites (tertiary alicyclic amines) is 1. The fourth-order valence-corrected chi connectivity index (χ4v) is 8.50. The molecule has 0 radical (unpaired) electrons. The molecule has 1 heterocycles. The lowest BCUT2D eigenvalue weighted by molar-refractivity contribution is -0.127. The van der Waals surface area contributed by atoms with Gasteiger partial charge in [-0.2, -0.15) is 0 Å². The zero-order valence-electron chi connectivity index (χ0n) is 20.7. The molecule has 0 spiro atoms. The van der Waals surface area contributed by atoms with Gasteiger partial charge in [0.1, 0.15) is 0 Å². The number of rotatable bonds is 6. The Kier molecular flexibility index (Phi) is 7.19. The molecule has 2 amide bonds. The van der Waals surface area contributed by atoms with E-state index in [1.165, 1.54) is 32.1 Å². The Balaban J connectivity index is 1.28. The number of carbonyl (C=O) groups is 2. The summed E-state index contributed by atoms with van der Waals surface area (Å²) in [5.74, 6) is 3.10. The van der Waals surface area contributed by atoms with E-state index in [0.717, 1.165) is 70.3 Å². The largest absolute Gasteiger partial charge is 0.387 e. The van der Waals surface area contributed by atoms with Crippen LogP contribution in [0.4, 0.5) is 0 Å². The normalized spacial score (nSPS) is 42.5. The maximum Gasteiger partial charge on any atom is 0.237 e. The molecule has 4 saturated carbocycles. The second kappa shape index (κ2) is 10.2. The van der Waals surface area contributed by atoms with Crippen molar-refractivity contribution in [3.05, 3.63) is 0 Å². The molecule has 7 atom stereocenters. The van der Waals surface area contributed by atoms with Crippen molar-refractivity contribution < 1.29 is 9.59 Å². The van der Waals surface area contributed by atoms with Crippen LogP contribution >= 0.6 is 0 Å². The van der Waals surface area contributed by atoms with Crippen LogP contribution < -0.4 is 16.8 Å². The van der Waals surface area contributed by atoms with Crippen LogP contribution in [0.2, 0.25) is 0 Å². The summed E-state index contributed by atoms with van der Waals surface area (Å²) in [6.07, 6.45) is 15.3. The summed E-state index contributed by atoms with van der Waals surface area (Å²) in [7, 11) is 0. The molecule has 7 heteroatoms. The first-order chi connectivity index (χ1) is 16.4. The van der Waals surface area contributed by atoms with Crippen molar-refractivity contribution in [2.75, 3.05) is 6.54 Å².